The number of rotatable bonds is 11. The van der Waals surface area contributed by atoms with Crippen LogP contribution in [0.15, 0.2) is 71.5 Å². The second kappa shape index (κ2) is 11.8. The van der Waals surface area contributed by atoms with E-state index < -0.39 is 0 Å². The lowest BCUT2D eigenvalue weighted by atomic mass is 10.2. The van der Waals surface area contributed by atoms with Crippen molar-refractivity contribution in [2.75, 3.05) is 26.8 Å². The largest absolute Gasteiger partial charge is 0.467 e. The Morgan fingerprint density at radius 3 is 2.50 bits per heavy atom. The van der Waals surface area contributed by atoms with E-state index in [0.717, 1.165) is 11.3 Å². The van der Waals surface area contributed by atoms with Crippen LogP contribution < -0.4 is 5.32 Å². The van der Waals surface area contributed by atoms with Crippen LogP contribution in [-0.4, -0.2) is 53.1 Å². The van der Waals surface area contributed by atoms with E-state index in [9.17, 15) is 9.59 Å². The van der Waals surface area contributed by atoms with Crippen molar-refractivity contribution < 1.29 is 18.7 Å². The zero-order chi connectivity index (χ0) is 22.8. The number of nitrogens with one attached hydrogen (secondary N) is 1. The minimum absolute atomic E-state index is 0.0604. The van der Waals surface area contributed by atoms with Gasteiger partial charge in [-0.25, -0.2) is 4.79 Å². The van der Waals surface area contributed by atoms with Crippen LogP contribution in [-0.2, 0) is 36.2 Å². The van der Waals surface area contributed by atoms with Crippen molar-refractivity contribution in [1.29, 1.82) is 0 Å². The monoisotopic (exact) mass is 438 g/mol. The molecule has 3 amide bonds. The highest BCUT2D eigenvalue weighted by atomic mass is 16.5. The molecule has 2 aromatic heterocycles. The van der Waals surface area contributed by atoms with Crippen LogP contribution in [0.1, 0.15) is 17.0 Å². The molecule has 0 atom stereocenters. The summed E-state index contributed by atoms with van der Waals surface area (Å²) in [6, 6.07) is 16.9. The van der Waals surface area contributed by atoms with Gasteiger partial charge in [-0.1, -0.05) is 30.3 Å². The smallest absolute Gasteiger partial charge is 0.318 e. The molecule has 1 N–H and O–H groups in total. The highest BCUT2D eigenvalue weighted by Gasteiger charge is 2.23. The molecule has 0 saturated carbocycles. The standard InChI is InChI=1S/C24H30N4O4/c1-26-12-6-10-21(26)17-28(18-22-11-7-14-32-22)23(29)19-27(13-15-31-2)24(30)25-16-20-8-4-3-5-9-20/h3-12,14H,13,15-19H2,1-2H3,(H,25,30). The van der Waals surface area contributed by atoms with E-state index in [2.05, 4.69) is 5.32 Å². The molecular weight excluding hydrogens is 408 g/mol. The van der Waals surface area contributed by atoms with E-state index in [0.29, 0.717) is 38.5 Å². The number of carbonyl (C=O) groups is 2. The van der Waals surface area contributed by atoms with Crippen LogP contribution in [0.5, 0.6) is 0 Å². The first kappa shape index (κ1) is 23.1. The number of hydrogen-bond acceptors (Lipinski definition) is 4. The summed E-state index contributed by atoms with van der Waals surface area (Å²) in [5.41, 5.74) is 1.98. The van der Waals surface area contributed by atoms with E-state index in [1.165, 1.54) is 4.90 Å². The summed E-state index contributed by atoms with van der Waals surface area (Å²) in [5.74, 6) is 0.512. The maximum Gasteiger partial charge on any atom is 0.318 e. The van der Waals surface area contributed by atoms with Gasteiger partial charge in [0.25, 0.3) is 0 Å². The molecule has 0 radical (unpaired) electrons. The van der Waals surface area contributed by atoms with Crippen LogP contribution in [0.4, 0.5) is 4.79 Å². The molecule has 170 valence electrons. The molecule has 32 heavy (non-hydrogen) atoms. The lowest BCUT2D eigenvalue weighted by Crippen LogP contribution is -2.47. The zero-order valence-corrected chi connectivity index (χ0v) is 18.6. The van der Waals surface area contributed by atoms with E-state index in [1.807, 2.05) is 66.3 Å². The molecule has 0 aliphatic carbocycles. The summed E-state index contributed by atoms with van der Waals surface area (Å²) in [6.07, 6.45) is 3.52. The average molecular weight is 439 g/mol. The van der Waals surface area contributed by atoms with Crippen LogP contribution >= 0.6 is 0 Å². The third-order valence-corrected chi connectivity index (χ3v) is 5.15. The Balaban J connectivity index is 1.68. The maximum absolute atomic E-state index is 13.3. The van der Waals surface area contributed by atoms with Crippen LogP contribution in [0, 0.1) is 0 Å². The molecule has 3 aromatic rings. The van der Waals surface area contributed by atoms with Gasteiger partial charge in [0, 0.05) is 39.1 Å². The number of benzene rings is 1. The van der Waals surface area contributed by atoms with Gasteiger partial charge in [-0.2, -0.15) is 0 Å². The first-order valence-electron chi connectivity index (χ1n) is 10.5. The van der Waals surface area contributed by atoms with Gasteiger partial charge in [-0.3, -0.25) is 4.79 Å². The van der Waals surface area contributed by atoms with Gasteiger partial charge in [-0.15, -0.1) is 0 Å². The maximum atomic E-state index is 13.3. The van der Waals surface area contributed by atoms with Gasteiger partial charge < -0.3 is 28.8 Å². The number of urea groups is 1. The quantitative estimate of drug-likeness (QED) is 0.499. The van der Waals surface area contributed by atoms with E-state index >= 15 is 0 Å². The van der Waals surface area contributed by atoms with Crippen LogP contribution in [0.3, 0.4) is 0 Å². The molecule has 1 aromatic carbocycles. The number of methoxy groups -OCH3 is 1. The Bertz CT molecular complexity index is 969. The summed E-state index contributed by atoms with van der Waals surface area (Å²) in [7, 11) is 3.51. The van der Waals surface area contributed by atoms with Crippen LogP contribution in [0.25, 0.3) is 0 Å². The molecule has 0 fully saturated rings. The van der Waals surface area contributed by atoms with Crippen molar-refractivity contribution in [3.8, 4) is 0 Å². The Morgan fingerprint density at radius 2 is 1.84 bits per heavy atom. The van der Waals surface area contributed by atoms with Gasteiger partial charge in [-0.05, 0) is 29.8 Å². The normalized spacial score (nSPS) is 10.7. The summed E-state index contributed by atoms with van der Waals surface area (Å²) in [4.78, 5) is 29.3. The van der Waals surface area contributed by atoms with Gasteiger partial charge >= 0.3 is 6.03 Å². The second-order valence-corrected chi connectivity index (χ2v) is 7.50. The van der Waals surface area contributed by atoms with Gasteiger partial charge in [0.05, 0.1) is 26.0 Å². The van der Waals surface area contributed by atoms with Crippen molar-refractivity contribution in [1.82, 2.24) is 19.7 Å². The molecular formula is C24H30N4O4. The van der Waals surface area contributed by atoms with Gasteiger partial charge in [0.1, 0.15) is 12.3 Å². The fourth-order valence-electron chi connectivity index (χ4n) is 3.28. The Morgan fingerprint density at radius 1 is 1.03 bits per heavy atom. The van der Waals surface area contributed by atoms with Gasteiger partial charge in [0.2, 0.25) is 5.91 Å². The molecule has 2 heterocycles. The Hall–Kier alpha value is -3.52. The molecule has 0 spiro atoms. The number of amides is 3. The third kappa shape index (κ3) is 6.75. The van der Waals surface area contributed by atoms with Crippen molar-refractivity contribution in [2.24, 2.45) is 7.05 Å². The van der Waals surface area contributed by atoms with Crippen LogP contribution in [0.2, 0.25) is 0 Å². The first-order chi connectivity index (χ1) is 15.6. The predicted octanol–water partition coefficient (Wildman–Crippen LogP) is 3.01. The highest BCUT2D eigenvalue weighted by molar-refractivity contribution is 5.84. The number of carbonyl (C=O) groups excluding carboxylic acids is 2. The molecule has 0 saturated heterocycles. The number of nitrogens with zero attached hydrogens (tertiary/aromatic N) is 3. The summed E-state index contributed by atoms with van der Waals surface area (Å²) in [5, 5.41) is 2.89. The minimum Gasteiger partial charge on any atom is -0.467 e. The molecule has 0 bridgehead atoms. The lowest BCUT2D eigenvalue weighted by Gasteiger charge is -2.27. The SMILES string of the molecule is COCCN(CC(=O)N(Cc1ccco1)Cc1cccn1C)C(=O)NCc1ccccc1. The van der Waals surface area contributed by atoms with Crippen molar-refractivity contribution >= 4 is 11.9 Å². The summed E-state index contributed by atoms with van der Waals surface area (Å²) in [6.45, 7) is 1.70. The third-order valence-electron chi connectivity index (χ3n) is 5.15. The number of aryl methyl sites for hydroxylation is 1. The topological polar surface area (TPSA) is 80.0 Å². The number of ether oxygens (including phenoxy) is 1. The number of aromatic nitrogens is 1. The second-order valence-electron chi connectivity index (χ2n) is 7.50. The number of hydrogen-bond donors (Lipinski definition) is 1. The van der Waals surface area contributed by atoms with Crippen molar-refractivity contribution in [3.05, 3.63) is 84.1 Å². The Kier molecular flexibility index (Phi) is 8.51. The zero-order valence-electron chi connectivity index (χ0n) is 18.6. The Labute approximate surface area is 188 Å². The first-order valence-corrected chi connectivity index (χ1v) is 10.5. The molecule has 0 aliphatic heterocycles. The fourth-order valence-corrected chi connectivity index (χ4v) is 3.28. The van der Waals surface area contributed by atoms with E-state index in [-0.39, 0.29) is 18.5 Å². The molecule has 8 nitrogen and oxygen atoms in total. The fraction of sp³-hybridized carbons (Fsp3) is 0.333. The summed E-state index contributed by atoms with van der Waals surface area (Å²) >= 11 is 0. The average Bonchev–Trinajstić information content (AvgIpc) is 3.47. The number of furan rings is 1. The molecule has 0 unspecified atom stereocenters. The summed E-state index contributed by atoms with van der Waals surface area (Å²) < 4.78 is 12.6. The van der Waals surface area contributed by atoms with E-state index in [4.69, 9.17) is 9.15 Å². The minimum atomic E-state index is -0.309. The van der Waals surface area contributed by atoms with E-state index in [1.54, 1.807) is 24.3 Å². The van der Waals surface area contributed by atoms with Crippen molar-refractivity contribution in [3.63, 3.8) is 0 Å². The molecule has 0 aliphatic rings. The highest BCUT2D eigenvalue weighted by Crippen LogP contribution is 2.12. The van der Waals surface area contributed by atoms with Crippen molar-refractivity contribution in [2.45, 2.75) is 19.6 Å². The molecule has 8 heteroatoms. The lowest BCUT2D eigenvalue weighted by molar-refractivity contribution is -0.133. The predicted molar refractivity (Wildman–Crippen MR) is 121 cm³/mol. The molecule has 3 rings (SSSR count). The van der Waals surface area contributed by atoms with Gasteiger partial charge in [0.15, 0.2) is 0 Å².